The van der Waals surface area contributed by atoms with E-state index in [9.17, 15) is 4.79 Å². The molecule has 0 aromatic heterocycles. The largest absolute Gasteiger partial charge is 0.379 e. The van der Waals surface area contributed by atoms with Gasteiger partial charge in [-0.2, -0.15) is 11.8 Å². The van der Waals surface area contributed by atoms with Gasteiger partial charge in [0.25, 0.3) is 0 Å². The van der Waals surface area contributed by atoms with E-state index in [2.05, 4.69) is 0 Å². The first kappa shape index (κ1) is 10.3. The van der Waals surface area contributed by atoms with Crippen LogP contribution in [-0.4, -0.2) is 54.7 Å². The molecule has 0 saturated carbocycles. The van der Waals surface area contributed by atoms with Crippen molar-refractivity contribution in [1.29, 1.82) is 0 Å². The second-order valence-corrected chi connectivity index (χ2v) is 4.97. The molecule has 80 valence electrons. The molecule has 0 aromatic carbocycles. The highest BCUT2D eigenvalue weighted by atomic mass is 32.2. The molecule has 0 radical (unpaired) electrons. The first-order chi connectivity index (χ1) is 6.79. The average molecular weight is 216 g/mol. The minimum Gasteiger partial charge on any atom is -0.379 e. The van der Waals surface area contributed by atoms with E-state index >= 15 is 0 Å². The quantitative estimate of drug-likeness (QED) is 0.644. The van der Waals surface area contributed by atoms with Gasteiger partial charge in [-0.25, -0.2) is 0 Å². The minimum absolute atomic E-state index is 0.0990. The molecule has 2 saturated heterocycles. The number of nitrogens with two attached hydrogens (primary N) is 1. The normalized spacial score (nSPS) is 33.4. The Morgan fingerprint density at radius 1 is 1.36 bits per heavy atom. The smallest absolute Gasteiger partial charge is 0.229 e. The number of amides is 1. The van der Waals surface area contributed by atoms with Gasteiger partial charge in [0.05, 0.1) is 19.1 Å². The lowest BCUT2D eigenvalue weighted by molar-refractivity contribution is -0.135. The molecule has 0 aromatic rings. The molecule has 2 unspecified atom stereocenters. The first-order valence-electron chi connectivity index (χ1n) is 4.99. The van der Waals surface area contributed by atoms with E-state index in [0.29, 0.717) is 13.2 Å². The van der Waals surface area contributed by atoms with Crippen LogP contribution in [0.1, 0.15) is 0 Å². The SMILES string of the molecule is NC1COCC1C(=O)N1CCSCC1. The molecule has 0 bridgehead atoms. The Bertz CT molecular complexity index is 219. The molecule has 2 aliphatic rings. The maximum atomic E-state index is 12.0. The lowest BCUT2D eigenvalue weighted by Crippen LogP contribution is -2.46. The number of thioether (sulfide) groups is 1. The van der Waals surface area contributed by atoms with Crippen LogP contribution in [0.2, 0.25) is 0 Å². The number of ether oxygens (including phenoxy) is 1. The summed E-state index contributed by atoms with van der Waals surface area (Å²) in [5, 5.41) is 0. The van der Waals surface area contributed by atoms with Gasteiger partial charge in [0, 0.05) is 30.6 Å². The van der Waals surface area contributed by atoms with Crippen LogP contribution in [0.4, 0.5) is 0 Å². The van der Waals surface area contributed by atoms with Crippen LogP contribution in [0, 0.1) is 5.92 Å². The number of hydrogen-bond acceptors (Lipinski definition) is 4. The molecule has 0 aliphatic carbocycles. The van der Waals surface area contributed by atoms with Crippen molar-refractivity contribution >= 4 is 17.7 Å². The van der Waals surface area contributed by atoms with Crippen molar-refractivity contribution in [3.05, 3.63) is 0 Å². The number of carbonyl (C=O) groups is 1. The zero-order valence-corrected chi connectivity index (χ0v) is 8.96. The summed E-state index contributed by atoms with van der Waals surface area (Å²) >= 11 is 1.90. The van der Waals surface area contributed by atoms with Gasteiger partial charge in [0.1, 0.15) is 0 Å². The van der Waals surface area contributed by atoms with E-state index < -0.39 is 0 Å². The highest BCUT2D eigenvalue weighted by Gasteiger charge is 2.34. The summed E-state index contributed by atoms with van der Waals surface area (Å²) in [5.41, 5.74) is 5.81. The van der Waals surface area contributed by atoms with Crippen molar-refractivity contribution in [3.8, 4) is 0 Å². The molecule has 0 spiro atoms. The zero-order valence-electron chi connectivity index (χ0n) is 8.15. The second kappa shape index (κ2) is 4.51. The van der Waals surface area contributed by atoms with Gasteiger partial charge in [-0.3, -0.25) is 4.79 Å². The molecule has 2 heterocycles. The van der Waals surface area contributed by atoms with Crippen molar-refractivity contribution in [2.45, 2.75) is 6.04 Å². The molecule has 2 N–H and O–H groups in total. The maximum absolute atomic E-state index is 12.0. The van der Waals surface area contributed by atoms with Crippen LogP contribution in [-0.2, 0) is 9.53 Å². The van der Waals surface area contributed by atoms with Crippen LogP contribution in [0.15, 0.2) is 0 Å². The second-order valence-electron chi connectivity index (χ2n) is 3.75. The fourth-order valence-corrected chi connectivity index (χ4v) is 2.75. The summed E-state index contributed by atoms with van der Waals surface area (Å²) in [6.07, 6.45) is 0. The van der Waals surface area contributed by atoms with Crippen LogP contribution in [0.25, 0.3) is 0 Å². The Hall–Kier alpha value is -0.260. The fraction of sp³-hybridized carbons (Fsp3) is 0.889. The van der Waals surface area contributed by atoms with Gasteiger partial charge >= 0.3 is 0 Å². The Morgan fingerprint density at radius 2 is 2.07 bits per heavy atom. The van der Waals surface area contributed by atoms with E-state index in [4.69, 9.17) is 10.5 Å². The third-order valence-electron chi connectivity index (χ3n) is 2.76. The monoisotopic (exact) mass is 216 g/mol. The number of hydrogen-bond donors (Lipinski definition) is 1. The van der Waals surface area contributed by atoms with Crippen molar-refractivity contribution < 1.29 is 9.53 Å². The Kier molecular flexibility index (Phi) is 3.30. The Balaban J connectivity index is 1.92. The molecule has 2 fully saturated rings. The van der Waals surface area contributed by atoms with Crippen molar-refractivity contribution in [2.75, 3.05) is 37.8 Å². The van der Waals surface area contributed by atoms with Crippen molar-refractivity contribution in [3.63, 3.8) is 0 Å². The minimum atomic E-state index is -0.0999. The number of rotatable bonds is 1. The summed E-state index contributed by atoms with van der Waals surface area (Å²) < 4.78 is 5.20. The average Bonchev–Trinajstić information content (AvgIpc) is 2.65. The maximum Gasteiger partial charge on any atom is 0.229 e. The zero-order chi connectivity index (χ0) is 9.97. The standard InChI is InChI=1S/C9H16N2O2S/c10-8-6-13-5-7(8)9(12)11-1-3-14-4-2-11/h7-8H,1-6,10H2. The van der Waals surface area contributed by atoms with Crippen molar-refractivity contribution in [2.24, 2.45) is 11.7 Å². The highest BCUT2D eigenvalue weighted by Crippen LogP contribution is 2.18. The van der Waals surface area contributed by atoms with Gasteiger partial charge in [-0.1, -0.05) is 0 Å². The van der Waals surface area contributed by atoms with Gasteiger partial charge in [0.15, 0.2) is 0 Å². The lowest BCUT2D eigenvalue weighted by Gasteiger charge is -2.29. The van der Waals surface area contributed by atoms with Gasteiger partial charge in [-0.15, -0.1) is 0 Å². The molecule has 2 rings (SSSR count). The van der Waals surface area contributed by atoms with E-state index in [1.54, 1.807) is 0 Å². The molecule has 2 aliphatic heterocycles. The van der Waals surface area contributed by atoms with Gasteiger partial charge in [0.2, 0.25) is 5.91 Å². The first-order valence-corrected chi connectivity index (χ1v) is 6.14. The highest BCUT2D eigenvalue weighted by molar-refractivity contribution is 7.99. The molecule has 2 atom stereocenters. The summed E-state index contributed by atoms with van der Waals surface area (Å²) in [6.45, 7) is 2.77. The lowest BCUT2D eigenvalue weighted by atomic mass is 10.0. The summed E-state index contributed by atoms with van der Waals surface area (Å²) in [5.74, 6) is 2.19. The molecule has 14 heavy (non-hydrogen) atoms. The summed E-state index contributed by atoms with van der Waals surface area (Å²) in [6, 6.07) is -0.0999. The fourth-order valence-electron chi connectivity index (χ4n) is 1.84. The van der Waals surface area contributed by atoms with Crippen LogP contribution in [0.5, 0.6) is 0 Å². The predicted molar refractivity (Wildman–Crippen MR) is 56.2 cm³/mol. The van der Waals surface area contributed by atoms with Gasteiger partial charge in [-0.05, 0) is 0 Å². The summed E-state index contributed by atoms with van der Waals surface area (Å²) in [4.78, 5) is 13.9. The Labute approximate surface area is 88.1 Å². The molecule has 5 heteroatoms. The summed E-state index contributed by atoms with van der Waals surface area (Å²) in [7, 11) is 0. The van der Waals surface area contributed by atoms with Crippen LogP contribution in [0.3, 0.4) is 0 Å². The van der Waals surface area contributed by atoms with E-state index in [-0.39, 0.29) is 17.9 Å². The number of nitrogens with zero attached hydrogens (tertiary/aromatic N) is 1. The van der Waals surface area contributed by atoms with Crippen LogP contribution < -0.4 is 5.73 Å². The van der Waals surface area contributed by atoms with Crippen LogP contribution >= 0.6 is 11.8 Å². The van der Waals surface area contributed by atoms with E-state index in [1.165, 1.54) is 0 Å². The van der Waals surface area contributed by atoms with E-state index in [1.807, 2.05) is 16.7 Å². The Morgan fingerprint density at radius 3 is 2.64 bits per heavy atom. The number of carbonyl (C=O) groups excluding carboxylic acids is 1. The third kappa shape index (κ3) is 2.04. The topological polar surface area (TPSA) is 55.6 Å². The van der Waals surface area contributed by atoms with Gasteiger partial charge < -0.3 is 15.4 Å². The predicted octanol–water partition coefficient (Wildman–Crippen LogP) is -0.464. The molecular formula is C9H16N2O2S. The molecule has 1 amide bonds. The van der Waals surface area contributed by atoms with Crippen molar-refractivity contribution in [1.82, 2.24) is 4.90 Å². The van der Waals surface area contributed by atoms with E-state index in [0.717, 1.165) is 24.6 Å². The third-order valence-corrected chi connectivity index (χ3v) is 3.71. The molecular weight excluding hydrogens is 200 g/mol. The molecule has 4 nitrogen and oxygen atoms in total.